The zero-order valence-electron chi connectivity index (χ0n) is 16.0. The van der Waals surface area contributed by atoms with Crippen LogP contribution in [0.15, 0.2) is 48.5 Å². The van der Waals surface area contributed by atoms with Crippen molar-refractivity contribution >= 4 is 17.2 Å². The van der Waals surface area contributed by atoms with Crippen molar-refractivity contribution in [2.45, 2.75) is 26.2 Å². The fraction of sp³-hybridized carbons (Fsp3) is 0.250. The summed E-state index contributed by atoms with van der Waals surface area (Å²) < 4.78 is 42.0. The van der Waals surface area contributed by atoms with Gasteiger partial charge in [0.05, 0.1) is 6.54 Å². The van der Waals surface area contributed by atoms with Gasteiger partial charge in [-0.15, -0.1) is 10.2 Å². The molecule has 1 amide bonds. The zero-order chi connectivity index (χ0) is 21.5. The van der Waals surface area contributed by atoms with Gasteiger partial charge in [0.2, 0.25) is 5.01 Å². The molecule has 0 radical (unpaired) electrons. The number of amides is 1. The summed E-state index contributed by atoms with van der Waals surface area (Å²) >= 11 is 1.17. The number of benzene rings is 2. The number of nitrogens with one attached hydrogen (secondary N) is 1. The van der Waals surface area contributed by atoms with Gasteiger partial charge in [-0.3, -0.25) is 9.69 Å². The van der Waals surface area contributed by atoms with Crippen LogP contribution in [-0.4, -0.2) is 34.7 Å². The SMILES string of the molecule is CN(Cc1cccc(OC(F)F)c1)Cc1nnc(C(=O)NCc2ccc(F)cc2)s1. The lowest BCUT2D eigenvalue weighted by molar-refractivity contribution is -0.0499. The Morgan fingerprint density at radius 2 is 1.90 bits per heavy atom. The summed E-state index contributed by atoms with van der Waals surface area (Å²) in [4.78, 5) is 14.2. The molecule has 0 spiro atoms. The fourth-order valence-electron chi connectivity index (χ4n) is 2.69. The van der Waals surface area contributed by atoms with Gasteiger partial charge in [-0.2, -0.15) is 8.78 Å². The maximum atomic E-state index is 12.9. The van der Waals surface area contributed by atoms with E-state index >= 15 is 0 Å². The van der Waals surface area contributed by atoms with E-state index in [0.29, 0.717) is 18.1 Å². The predicted octanol–water partition coefficient (Wildman–Crippen LogP) is 3.84. The van der Waals surface area contributed by atoms with Gasteiger partial charge in [0.1, 0.15) is 16.6 Å². The number of ether oxygens (including phenoxy) is 1. The molecule has 0 unspecified atom stereocenters. The lowest BCUT2D eigenvalue weighted by Gasteiger charge is -2.15. The van der Waals surface area contributed by atoms with E-state index < -0.39 is 6.61 Å². The molecule has 6 nitrogen and oxygen atoms in total. The van der Waals surface area contributed by atoms with Crippen LogP contribution in [0, 0.1) is 5.82 Å². The minimum atomic E-state index is -2.87. The van der Waals surface area contributed by atoms with Gasteiger partial charge in [-0.05, 0) is 42.4 Å². The van der Waals surface area contributed by atoms with E-state index in [1.807, 2.05) is 18.0 Å². The van der Waals surface area contributed by atoms with Crippen molar-refractivity contribution in [1.82, 2.24) is 20.4 Å². The average Bonchev–Trinajstić information content (AvgIpc) is 3.15. The van der Waals surface area contributed by atoms with Crippen LogP contribution in [0.5, 0.6) is 5.75 Å². The van der Waals surface area contributed by atoms with Crippen molar-refractivity contribution in [3.05, 3.63) is 75.5 Å². The average molecular weight is 436 g/mol. The Morgan fingerprint density at radius 3 is 2.63 bits per heavy atom. The summed E-state index contributed by atoms with van der Waals surface area (Å²) in [7, 11) is 1.84. The highest BCUT2D eigenvalue weighted by Crippen LogP contribution is 2.18. The Bertz CT molecular complexity index is 982. The third-order valence-electron chi connectivity index (χ3n) is 4.01. The first-order valence-corrected chi connectivity index (χ1v) is 9.78. The Hall–Kier alpha value is -2.98. The highest BCUT2D eigenvalue weighted by molar-refractivity contribution is 7.13. The van der Waals surface area contributed by atoms with Crippen molar-refractivity contribution in [1.29, 1.82) is 0 Å². The molecular formula is C20H19F3N4O2S. The molecule has 0 atom stereocenters. The van der Waals surface area contributed by atoms with Crippen molar-refractivity contribution in [3.8, 4) is 5.75 Å². The van der Waals surface area contributed by atoms with E-state index in [-0.39, 0.29) is 29.0 Å². The lowest BCUT2D eigenvalue weighted by Crippen LogP contribution is -2.22. The molecule has 0 aliphatic rings. The number of carbonyl (C=O) groups is 1. The monoisotopic (exact) mass is 436 g/mol. The second-order valence-electron chi connectivity index (χ2n) is 6.51. The van der Waals surface area contributed by atoms with E-state index in [4.69, 9.17) is 0 Å². The summed E-state index contributed by atoms with van der Waals surface area (Å²) in [5.74, 6) is -0.592. The molecule has 30 heavy (non-hydrogen) atoms. The van der Waals surface area contributed by atoms with Crippen LogP contribution in [0.4, 0.5) is 13.2 Å². The van der Waals surface area contributed by atoms with Gasteiger partial charge >= 0.3 is 6.61 Å². The van der Waals surface area contributed by atoms with Crippen molar-refractivity contribution in [3.63, 3.8) is 0 Å². The highest BCUT2D eigenvalue weighted by atomic mass is 32.1. The summed E-state index contributed by atoms with van der Waals surface area (Å²) in [5, 5.41) is 11.5. The smallest absolute Gasteiger partial charge is 0.387 e. The molecule has 158 valence electrons. The van der Waals surface area contributed by atoms with E-state index in [2.05, 4.69) is 20.3 Å². The van der Waals surface area contributed by atoms with Gasteiger partial charge in [-0.1, -0.05) is 35.6 Å². The minimum absolute atomic E-state index is 0.104. The number of rotatable bonds is 9. The molecule has 2 aromatic carbocycles. The Kier molecular flexibility index (Phi) is 7.36. The second kappa shape index (κ2) is 10.2. The molecule has 3 rings (SSSR count). The molecule has 1 aromatic heterocycles. The van der Waals surface area contributed by atoms with Crippen molar-refractivity contribution < 1.29 is 22.7 Å². The number of aromatic nitrogens is 2. The molecular weight excluding hydrogens is 417 g/mol. The van der Waals surface area contributed by atoms with E-state index in [1.54, 1.807) is 24.3 Å². The summed E-state index contributed by atoms with van der Waals surface area (Å²) in [5.41, 5.74) is 1.57. The molecule has 1 N–H and O–H groups in total. The topological polar surface area (TPSA) is 67.3 Å². The van der Waals surface area contributed by atoms with Crippen molar-refractivity contribution in [2.75, 3.05) is 7.05 Å². The van der Waals surface area contributed by atoms with Gasteiger partial charge in [0.15, 0.2) is 0 Å². The van der Waals surface area contributed by atoms with Crippen LogP contribution in [0.2, 0.25) is 0 Å². The number of carbonyl (C=O) groups excluding carboxylic acids is 1. The fourth-order valence-corrected chi connectivity index (χ4v) is 3.52. The summed E-state index contributed by atoms with van der Waals surface area (Å²) in [6.07, 6.45) is 0. The Morgan fingerprint density at radius 1 is 1.13 bits per heavy atom. The van der Waals surface area contributed by atoms with Crippen molar-refractivity contribution in [2.24, 2.45) is 0 Å². The maximum absolute atomic E-state index is 12.9. The van der Waals surface area contributed by atoms with E-state index in [1.165, 1.54) is 29.5 Å². The standard InChI is InChI=1S/C20H19F3N4O2S/c1-27(11-14-3-2-4-16(9-14)29-20(22)23)12-17-25-26-19(30-17)18(28)24-10-13-5-7-15(21)8-6-13/h2-9,20H,10-12H2,1H3,(H,24,28). The lowest BCUT2D eigenvalue weighted by atomic mass is 10.2. The summed E-state index contributed by atoms with van der Waals surface area (Å²) in [6.45, 7) is -1.70. The third-order valence-corrected chi connectivity index (χ3v) is 4.92. The molecule has 0 aliphatic carbocycles. The van der Waals surface area contributed by atoms with E-state index in [0.717, 1.165) is 11.1 Å². The first-order valence-electron chi connectivity index (χ1n) is 8.96. The molecule has 0 aliphatic heterocycles. The zero-order valence-corrected chi connectivity index (χ0v) is 16.8. The predicted molar refractivity (Wildman–Crippen MR) is 106 cm³/mol. The van der Waals surface area contributed by atoms with Gasteiger partial charge in [0.25, 0.3) is 5.91 Å². The normalized spacial score (nSPS) is 11.1. The van der Waals surface area contributed by atoms with Crippen LogP contribution in [0.3, 0.4) is 0 Å². The minimum Gasteiger partial charge on any atom is -0.435 e. The van der Waals surface area contributed by atoms with Gasteiger partial charge in [-0.25, -0.2) is 4.39 Å². The number of halogens is 3. The number of alkyl halides is 2. The molecule has 3 aromatic rings. The highest BCUT2D eigenvalue weighted by Gasteiger charge is 2.14. The molecule has 0 fully saturated rings. The maximum Gasteiger partial charge on any atom is 0.387 e. The van der Waals surface area contributed by atoms with E-state index in [9.17, 15) is 18.0 Å². The number of hydrogen-bond acceptors (Lipinski definition) is 6. The van der Waals surface area contributed by atoms with Crippen LogP contribution in [-0.2, 0) is 19.6 Å². The van der Waals surface area contributed by atoms with Crippen LogP contribution < -0.4 is 10.1 Å². The Balaban J connectivity index is 1.51. The van der Waals surface area contributed by atoms with Gasteiger partial charge < -0.3 is 10.1 Å². The first kappa shape index (κ1) is 21.7. The van der Waals surface area contributed by atoms with Crippen LogP contribution >= 0.6 is 11.3 Å². The third kappa shape index (κ3) is 6.53. The first-order chi connectivity index (χ1) is 14.4. The Labute approximate surface area is 175 Å². The van der Waals surface area contributed by atoms with Gasteiger partial charge in [0, 0.05) is 13.1 Å². The number of nitrogens with zero attached hydrogens (tertiary/aromatic N) is 3. The molecule has 10 heteroatoms. The largest absolute Gasteiger partial charge is 0.435 e. The van der Waals surface area contributed by atoms with Crippen LogP contribution in [0.25, 0.3) is 0 Å². The quantitative estimate of drug-likeness (QED) is 0.552. The number of hydrogen-bond donors (Lipinski definition) is 1. The molecule has 0 saturated heterocycles. The molecule has 0 saturated carbocycles. The van der Waals surface area contributed by atoms with Crippen LogP contribution in [0.1, 0.15) is 25.9 Å². The summed E-state index contributed by atoms with van der Waals surface area (Å²) in [6, 6.07) is 12.3. The molecule has 0 bridgehead atoms. The second-order valence-corrected chi connectivity index (χ2v) is 7.57. The molecule has 1 heterocycles.